The second-order valence-corrected chi connectivity index (χ2v) is 5.70. The quantitative estimate of drug-likeness (QED) is 0.793. The fourth-order valence-electron chi connectivity index (χ4n) is 2.67. The number of furan rings is 1. The molecule has 0 unspecified atom stereocenters. The van der Waals surface area contributed by atoms with E-state index in [1.54, 1.807) is 18.4 Å². The smallest absolute Gasteiger partial charge is 0.238 e. The first-order valence-electron chi connectivity index (χ1n) is 8.12. The minimum absolute atomic E-state index is 0.0131. The normalized spacial score (nSPS) is 14.5. The summed E-state index contributed by atoms with van der Waals surface area (Å²) in [6.45, 7) is 0.701. The predicted octanol–water partition coefficient (Wildman–Crippen LogP) is 3.27. The number of carbonyl (C=O) groups excluding carboxylic acids is 1. The highest BCUT2D eigenvalue weighted by molar-refractivity contribution is 5.76. The van der Waals surface area contributed by atoms with Crippen LogP contribution in [0.15, 0.2) is 39.0 Å². The highest BCUT2D eigenvalue weighted by Crippen LogP contribution is 2.19. The van der Waals surface area contributed by atoms with Gasteiger partial charge in [-0.05, 0) is 44.2 Å². The Morgan fingerprint density at radius 3 is 3.04 bits per heavy atom. The molecule has 122 valence electrons. The summed E-state index contributed by atoms with van der Waals surface area (Å²) in [4.78, 5) is 16.1. The molecule has 1 amide bonds. The molecule has 6 nitrogen and oxygen atoms in total. The van der Waals surface area contributed by atoms with Gasteiger partial charge in [0.25, 0.3) is 0 Å². The minimum Gasteiger partial charge on any atom is -0.461 e. The third-order valence-electron chi connectivity index (χ3n) is 3.93. The van der Waals surface area contributed by atoms with Gasteiger partial charge in [-0.15, -0.1) is 0 Å². The van der Waals surface area contributed by atoms with Crippen LogP contribution >= 0.6 is 0 Å². The molecule has 0 atom stereocenters. The van der Waals surface area contributed by atoms with Gasteiger partial charge in [-0.1, -0.05) is 16.8 Å². The van der Waals surface area contributed by atoms with Gasteiger partial charge in [0.05, 0.1) is 6.26 Å². The van der Waals surface area contributed by atoms with Crippen molar-refractivity contribution in [2.24, 2.45) is 0 Å². The Morgan fingerprint density at radius 2 is 2.26 bits per heavy atom. The number of rotatable bonds is 7. The van der Waals surface area contributed by atoms with Crippen LogP contribution in [0.1, 0.15) is 44.4 Å². The molecule has 0 aliphatic heterocycles. The lowest BCUT2D eigenvalue weighted by molar-refractivity contribution is -0.121. The number of amides is 1. The molecule has 0 bridgehead atoms. The van der Waals surface area contributed by atoms with Crippen molar-refractivity contribution >= 4 is 5.91 Å². The number of carbonyl (C=O) groups is 1. The molecule has 1 aliphatic carbocycles. The van der Waals surface area contributed by atoms with Gasteiger partial charge >= 0.3 is 0 Å². The zero-order valence-electron chi connectivity index (χ0n) is 13.1. The van der Waals surface area contributed by atoms with Gasteiger partial charge in [0.15, 0.2) is 5.76 Å². The molecule has 2 aromatic rings. The van der Waals surface area contributed by atoms with E-state index in [0.717, 1.165) is 6.42 Å². The van der Waals surface area contributed by atoms with E-state index in [-0.39, 0.29) is 5.91 Å². The molecule has 1 N–H and O–H groups in total. The molecule has 2 heterocycles. The Labute approximate surface area is 134 Å². The largest absolute Gasteiger partial charge is 0.461 e. The van der Waals surface area contributed by atoms with Crippen molar-refractivity contribution in [3.05, 3.63) is 35.9 Å². The van der Waals surface area contributed by atoms with E-state index < -0.39 is 0 Å². The van der Waals surface area contributed by atoms with Crippen LogP contribution in [0.5, 0.6) is 0 Å². The summed E-state index contributed by atoms with van der Waals surface area (Å²) in [5, 5.41) is 6.79. The van der Waals surface area contributed by atoms with E-state index in [1.165, 1.54) is 31.3 Å². The fraction of sp³-hybridized carbons (Fsp3) is 0.471. The Bertz CT molecular complexity index is 658. The minimum atomic E-state index is 0.0131. The summed E-state index contributed by atoms with van der Waals surface area (Å²) in [7, 11) is 0. The molecular formula is C17H21N3O3. The number of nitrogens with zero attached hydrogens (tertiary/aromatic N) is 2. The van der Waals surface area contributed by atoms with Crippen LogP contribution in [0.2, 0.25) is 0 Å². The zero-order chi connectivity index (χ0) is 15.9. The zero-order valence-corrected chi connectivity index (χ0v) is 13.1. The highest BCUT2D eigenvalue weighted by atomic mass is 16.5. The SMILES string of the molecule is O=C(CCc1nc(-c2ccco2)no1)NCCC1=CCCCC1. The summed E-state index contributed by atoms with van der Waals surface area (Å²) in [5.41, 5.74) is 1.47. The summed E-state index contributed by atoms with van der Waals surface area (Å²) < 4.78 is 10.3. The van der Waals surface area contributed by atoms with Crippen LogP contribution in [0.3, 0.4) is 0 Å². The second kappa shape index (κ2) is 7.76. The maximum absolute atomic E-state index is 11.9. The number of hydrogen-bond acceptors (Lipinski definition) is 5. The lowest BCUT2D eigenvalue weighted by Crippen LogP contribution is -2.25. The molecule has 0 aromatic carbocycles. The number of nitrogens with one attached hydrogen (secondary N) is 1. The van der Waals surface area contributed by atoms with Crippen molar-refractivity contribution in [1.82, 2.24) is 15.5 Å². The molecule has 0 radical (unpaired) electrons. The van der Waals surface area contributed by atoms with Crippen LogP contribution < -0.4 is 5.32 Å². The molecule has 1 aliphatic rings. The van der Waals surface area contributed by atoms with E-state index in [1.807, 2.05) is 0 Å². The van der Waals surface area contributed by atoms with E-state index in [9.17, 15) is 4.79 Å². The van der Waals surface area contributed by atoms with Crippen LogP contribution in [-0.4, -0.2) is 22.6 Å². The molecule has 2 aromatic heterocycles. The van der Waals surface area contributed by atoms with Gasteiger partial charge in [0, 0.05) is 19.4 Å². The predicted molar refractivity (Wildman–Crippen MR) is 84.5 cm³/mol. The standard InChI is InChI=1S/C17H21N3O3/c21-15(18-11-10-13-5-2-1-3-6-13)8-9-16-19-17(20-23-16)14-7-4-12-22-14/h4-5,7,12H,1-3,6,8-11H2,(H,18,21). The first kappa shape index (κ1) is 15.5. The van der Waals surface area contributed by atoms with E-state index in [0.29, 0.717) is 36.9 Å². The molecule has 3 rings (SSSR count). The molecule has 0 spiro atoms. The number of aryl methyl sites for hydroxylation is 1. The topological polar surface area (TPSA) is 81.2 Å². The maximum Gasteiger partial charge on any atom is 0.238 e. The Hall–Kier alpha value is -2.37. The van der Waals surface area contributed by atoms with E-state index >= 15 is 0 Å². The Kier molecular flexibility index (Phi) is 5.24. The van der Waals surface area contributed by atoms with Crippen molar-refractivity contribution in [2.75, 3.05) is 6.54 Å². The van der Waals surface area contributed by atoms with Crippen molar-refractivity contribution in [3.63, 3.8) is 0 Å². The van der Waals surface area contributed by atoms with Crippen molar-refractivity contribution in [3.8, 4) is 11.6 Å². The molecule has 0 saturated heterocycles. The summed E-state index contributed by atoms with van der Waals surface area (Å²) >= 11 is 0. The first-order valence-corrected chi connectivity index (χ1v) is 8.12. The van der Waals surface area contributed by atoms with E-state index in [4.69, 9.17) is 8.94 Å². The third kappa shape index (κ3) is 4.55. The van der Waals surface area contributed by atoms with Crippen LogP contribution in [0.25, 0.3) is 11.6 Å². The van der Waals surface area contributed by atoms with Gasteiger partial charge in [0.1, 0.15) is 0 Å². The number of hydrogen-bond donors (Lipinski definition) is 1. The van der Waals surface area contributed by atoms with Crippen LogP contribution in [0, 0.1) is 0 Å². The lowest BCUT2D eigenvalue weighted by atomic mass is 9.97. The third-order valence-corrected chi connectivity index (χ3v) is 3.93. The second-order valence-electron chi connectivity index (χ2n) is 5.70. The van der Waals surface area contributed by atoms with Gasteiger partial charge in [-0.3, -0.25) is 4.79 Å². The van der Waals surface area contributed by atoms with Gasteiger partial charge < -0.3 is 14.3 Å². The highest BCUT2D eigenvalue weighted by Gasteiger charge is 2.12. The van der Waals surface area contributed by atoms with Crippen molar-refractivity contribution in [2.45, 2.75) is 44.9 Å². The van der Waals surface area contributed by atoms with Crippen LogP contribution in [0.4, 0.5) is 0 Å². The fourth-order valence-corrected chi connectivity index (χ4v) is 2.67. The van der Waals surface area contributed by atoms with E-state index in [2.05, 4.69) is 21.5 Å². The molecule has 23 heavy (non-hydrogen) atoms. The Balaban J connectivity index is 1.38. The monoisotopic (exact) mass is 315 g/mol. The summed E-state index contributed by atoms with van der Waals surface area (Å²) in [6.07, 6.45) is 10.5. The van der Waals surface area contributed by atoms with Crippen molar-refractivity contribution in [1.29, 1.82) is 0 Å². The van der Waals surface area contributed by atoms with Gasteiger partial charge in [0.2, 0.25) is 17.6 Å². The average Bonchev–Trinajstić information content (AvgIpc) is 3.25. The summed E-state index contributed by atoms with van der Waals surface area (Å²) in [6, 6.07) is 3.53. The lowest BCUT2D eigenvalue weighted by Gasteiger charge is -2.12. The molecule has 6 heteroatoms. The van der Waals surface area contributed by atoms with Crippen molar-refractivity contribution < 1.29 is 13.7 Å². The van der Waals surface area contributed by atoms with Gasteiger partial charge in [-0.2, -0.15) is 4.98 Å². The molecule has 0 fully saturated rings. The summed E-state index contributed by atoms with van der Waals surface area (Å²) in [5.74, 6) is 1.43. The Morgan fingerprint density at radius 1 is 1.30 bits per heavy atom. The average molecular weight is 315 g/mol. The van der Waals surface area contributed by atoms with Crippen LogP contribution in [-0.2, 0) is 11.2 Å². The van der Waals surface area contributed by atoms with Gasteiger partial charge in [-0.25, -0.2) is 0 Å². The first-order chi connectivity index (χ1) is 11.3. The number of allylic oxidation sites excluding steroid dienone is 1. The molecular weight excluding hydrogens is 294 g/mol. The maximum atomic E-state index is 11.9. The molecule has 0 saturated carbocycles. The number of aromatic nitrogens is 2.